The van der Waals surface area contributed by atoms with Gasteiger partial charge in [-0.2, -0.15) is 5.10 Å². The first kappa shape index (κ1) is 20.6. The van der Waals surface area contributed by atoms with Crippen molar-refractivity contribution in [3.8, 4) is 0 Å². The molecule has 29 heavy (non-hydrogen) atoms. The maximum Gasteiger partial charge on any atom is 0.0562 e. The first-order chi connectivity index (χ1) is 14.2. The highest BCUT2D eigenvalue weighted by Crippen LogP contribution is 2.23. The van der Waals surface area contributed by atoms with Crippen molar-refractivity contribution >= 4 is 17.5 Å². The van der Waals surface area contributed by atoms with Gasteiger partial charge < -0.3 is 4.90 Å². The van der Waals surface area contributed by atoms with Crippen LogP contribution in [0.25, 0.3) is 5.57 Å². The fraction of sp³-hybridized carbons (Fsp3) is 0.192. The molecule has 1 N–H and O–H groups in total. The van der Waals surface area contributed by atoms with Gasteiger partial charge in [0.05, 0.1) is 11.9 Å². The number of hydrogen-bond acceptors (Lipinski definition) is 3. The molecular formula is C26H29N3. The van der Waals surface area contributed by atoms with Crippen LogP contribution < -0.4 is 5.43 Å². The standard InChI is InChI=1S/C19H21N3.C7H8/c1-22-13-11-18(12-14-22)17-7-9-19(10-8-17)21-20-15-16-5-3-2-4-6-16;1-7-5-3-2-4-6-7/h2-11,15,21H,12-14H2,1H3;2-6H,1H3/b20-15-;. The highest BCUT2D eigenvalue weighted by molar-refractivity contribution is 5.80. The molecule has 4 rings (SSSR count). The van der Waals surface area contributed by atoms with E-state index in [1.54, 1.807) is 0 Å². The number of nitrogens with one attached hydrogen (secondary N) is 1. The van der Waals surface area contributed by atoms with Gasteiger partial charge in [-0.15, -0.1) is 0 Å². The van der Waals surface area contributed by atoms with Crippen molar-refractivity contribution in [1.29, 1.82) is 0 Å². The third-order valence-corrected chi connectivity index (χ3v) is 4.82. The van der Waals surface area contributed by atoms with Gasteiger partial charge in [0.15, 0.2) is 0 Å². The zero-order valence-corrected chi connectivity index (χ0v) is 17.3. The summed E-state index contributed by atoms with van der Waals surface area (Å²) in [6.07, 6.45) is 5.27. The Kier molecular flexibility index (Phi) is 7.79. The van der Waals surface area contributed by atoms with Crippen molar-refractivity contribution in [3.63, 3.8) is 0 Å². The molecule has 0 fully saturated rings. The van der Waals surface area contributed by atoms with Crippen LogP contribution in [0.1, 0.15) is 23.1 Å². The largest absolute Gasteiger partial charge is 0.302 e. The Hall–Kier alpha value is -3.17. The van der Waals surface area contributed by atoms with Crippen molar-refractivity contribution in [2.24, 2.45) is 5.10 Å². The highest BCUT2D eigenvalue weighted by atomic mass is 15.3. The Morgan fingerprint density at radius 1 is 0.862 bits per heavy atom. The van der Waals surface area contributed by atoms with E-state index in [0.29, 0.717) is 0 Å². The summed E-state index contributed by atoms with van der Waals surface area (Å²) in [7, 11) is 2.16. The number of nitrogens with zero attached hydrogens (tertiary/aromatic N) is 2. The molecule has 1 aliphatic rings. The van der Waals surface area contributed by atoms with Gasteiger partial charge in [-0.3, -0.25) is 5.43 Å². The van der Waals surface area contributed by atoms with Crippen LogP contribution in [0.2, 0.25) is 0 Å². The van der Waals surface area contributed by atoms with E-state index >= 15 is 0 Å². The van der Waals surface area contributed by atoms with E-state index in [4.69, 9.17) is 0 Å². The normalized spacial score (nSPS) is 14.1. The average Bonchev–Trinajstić information content (AvgIpc) is 2.77. The van der Waals surface area contributed by atoms with Crippen LogP contribution in [-0.2, 0) is 0 Å². The molecule has 148 valence electrons. The van der Waals surface area contributed by atoms with Crippen LogP contribution in [-0.4, -0.2) is 31.3 Å². The lowest BCUT2D eigenvalue weighted by Crippen LogP contribution is -2.23. The van der Waals surface area contributed by atoms with Crippen LogP contribution in [0.3, 0.4) is 0 Å². The summed E-state index contributed by atoms with van der Waals surface area (Å²) in [5.41, 5.74) is 9.24. The molecular weight excluding hydrogens is 354 g/mol. The number of benzene rings is 3. The van der Waals surface area contributed by atoms with E-state index < -0.39 is 0 Å². The minimum Gasteiger partial charge on any atom is -0.302 e. The van der Waals surface area contributed by atoms with Gasteiger partial charge in [-0.25, -0.2) is 0 Å². The summed E-state index contributed by atoms with van der Waals surface area (Å²) >= 11 is 0. The van der Waals surface area contributed by atoms with E-state index in [-0.39, 0.29) is 0 Å². The summed E-state index contributed by atoms with van der Waals surface area (Å²) in [6, 6.07) is 28.8. The topological polar surface area (TPSA) is 27.6 Å². The smallest absolute Gasteiger partial charge is 0.0562 e. The van der Waals surface area contributed by atoms with Crippen LogP contribution in [0, 0.1) is 6.92 Å². The molecule has 0 radical (unpaired) electrons. The highest BCUT2D eigenvalue weighted by Gasteiger charge is 2.09. The Morgan fingerprint density at radius 2 is 1.52 bits per heavy atom. The predicted molar refractivity (Wildman–Crippen MR) is 125 cm³/mol. The number of rotatable bonds is 4. The van der Waals surface area contributed by atoms with E-state index in [1.165, 1.54) is 16.7 Å². The number of anilines is 1. The molecule has 0 saturated heterocycles. The third kappa shape index (κ3) is 7.05. The lowest BCUT2D eigenvalue weighted by atomic mass is 9.99. The second kappa shape index (κ2) is 11.0. The lowest BCUT2D eigenvalue weighted by molar-refractivity contribution is 0.370. The van der Waals surface area contributed by atoms with Crippen LogP contribution >= 0.6 is 0 Å². The van der Waals surface area contributed by atoms with Crippen molar-refractivity contribution in [2.75, 3.05) is 25.6 Å². The summed E-state index contributed by atoms with van der Waals surface area (Å²) < 4.78 is 0. The minimum absolute atomic E-state index is 1.00. The van der Waals surface area contributed by atoms with Crippen LogP contribution in [0.15, 0.2) is 96.1 Å². The van der Waals surface area contributed by atoms with Gasteiger partial charge in [0.2, 0.25) is 0 Å². The van der Waals surface area contributed by atoms with Gasteiger partial charge in [-0.1, -0.05) is 84.4 Å². The molecule has 0 atom stereocenters. The molecule has 0 bridgehead atoms. The number of aryl methyl sites for hydroxylation is 1. The van der Waals surface area contributed by atoms with Gasteiger partial charge in [0.25, 0.3) is 0 Å². The zero-order chi connectivity index (χ0) is 20.3. The van der Waals surface area contributed by atoms with E-state index in [0.717, 1.165) is 30.8 Å². The van der Waals surface area contributed by atoms with Crippen molar-refractivity contribution in [3.05, 3.63) is 108 Å². The summed E-state index contributed by atoms with van der Waals surface area (Å²) in [5, 5.41) is 4.27. The van der Waals surface area contributed by atoms with Gasteiger partial charge in [0, 0.05) is 13.1 Å². The van der Waals surface area contributed by atoms with Crippen molar-refractivity contribution in [2.45, 2.75) is 13.3 Å². The first-order valence-corrected chi connectivity index (χ1v) is 10.0. The maximum atomic E-state index is 4.27. The second-order valence-corrected chi connectivity index (χ2v) is 7.25. The Labute approximate surface area is 174 Å². The summed E-state index contributed by atoms with van der Waals surface area (Å²) in [4.78, 5) is 2.33. The average molecular weight is 384 g/mol. The molecule has 0 amide bonds. The quantitative estimate of drug-likeness (QED) is 0.452. The zero-order valence-electron chi connectivity index (χ0n) is 17.3. The van der Waals surface area contributed by atoms with Gasteiger partial charge in [-0.05, 0) is 49.2 Å². The number of likely N-dealkylation sites (N-methyl/N-ethyl adjacent to an activating group) is 1. The monoisotopic (exact) mass is 383 g/mol. The summed E-state index contributed by atoms with van der Waals surface area (Å²) in [5.74, 6) is 0. The Morgan fingerprint density at radius 3 is 2.07 bits per heavy atom. The number of hydrazone groups is 1. The first-order valence-electron chi connectivity index (χ1n) is 10.0. The van der Waals surface area contributed by atoms with E-state index in [9.17, 15) is 0 Å². The third-order valence-electron chi connectivity index (χ3n) is 4.82. The molecule has 3 nitrogen and oxygen atoms in total. The lowest BCUT2D eigenvalue weighted by Gasteiger charge is -2.22. The summed E-state index contributed by atoms with van der Waals surface area (Å²) in [6.45, 7) is 4.25. The molecule has 0 unspecified atom stereocenters. The molecule has 0 spiro atoms. The molecule has 3 aromatic carbocycles. The van der Waals surface area contributed by atoms with E-state index in [2.05, 4.69) is 71.9 Å². The molecule has 0 aromatic heterocycles. The second-order valence-electron chi connectivity index (χ2n) is 7.25. The fourth-order valence-corrected chi connectivity index (χ4v) is 3.05. The van der Waals surface area contributed by atoms with Gasteiger partial charge >= 0.3 is 0 Å². The molecule has 3 heteroatoms. The molecule has 1 heterocycles. The SMILES string of the molecule is CN1CC=C(c2ccc(N/N=C\c3ccccc3)cc2)CC1.Cc1ccccc1. The van der Waals surface area contributed by atoms with Crippen molar-refractivity contribution in [1.82, 2.24) is 4.90 Å². The van der Waals surface area contributed by atoms with Crippen LogP contribution in [0.5, 0.6) is 0 Å². The van der Waals surface area contributed by atoms with Crippen molar-refractivity contribution < 1.29 is 0 Å². The molecule has 3 aromatic rings. The fourth-order valence-electron chi connectivity index (χ4n) is 3.05. The van der Waals surface area contributed by atoms with E-state index in [1.807, 2.05) is 54.7 Å². The molecule has 0 saturated carbocycles. The molecule has 1 aliphatic heterocycles. The Bertz CT molecular complexity index is 913. The minimum atomic E-state index is 1.00. The van der Waals surface area contributed by atoms with Crippen LogP contribution in [0.4, 0.5) is 5.69 Å². The van der Waals surface area contributed by atoms with Gasteiger partial charge in [0.1, 0.15) is 0 Å². The Balaban J connectivity index is 0.000000290. The predicted octanol–water partition coefficient (Wildman–Crippen LogP) is 5.85. The molecule has 0 aliphatic carbocycles. The number of hydrogen-bond donors (Lipinski definition) is 1. The maximum absolute atomic E-state index is 4.27.